The van der Waals surface area contributed by atoms with Gasteiger partial charge in [0, 0.05) is 22.6 Å². The molecule has 0 saturated carbocycles. The van der Waals surface area contributed by atoms with Gasteiger partial charge in [0.25, 0.3) is 0 Å². The lowest BCUT2D eigenvalue weighted by atomic mass is 9.92. The van der Waals surface area contributed by atoms with E-state index >= 15 is 0 Å². The molecule has 0 amide bonds. The molecule has 2 N–H and O–H groups in total. The molecule has 2 aromatic carbocycles. The summed E-state index contributed by atoms with van der Waals surface area (Å²) in [6.45, 7) is 0. The molecule has 0 saturated heterocycles. The maximum atomic E-state index is 12.5. The summed E-state index contributed by atoms with van der Waals surface area (Å²) >= 11 is 0. The molecular formula is C20H22N2O2S. The predicted molar refractivity (Wildman–Crippen MR) is 101 cm³/mol. The van der Waals surface area contributed by atoms with Gasteiger partial charge in [-0.2, -0.15) is 0 Å². The Morgan fingerprint density at radius 3 is 2.64 bits per heavy atom. The summed E-state index contributed by atoms with van der Waals surface area (Å²) in [5, 5.41) is 1.21. The zero-order valence-corrected chi connectivity index (χ0v) is 14.9. The van der Waals surface area contributed by atoms with Crippen molar-refractivity contribution < 1.29 is 8.42 Å². The van der Waals surface area contributed by atoms with Gasteiger partial charge in [0.2, 0.25) is 10.0 Å². The first-order valence-electron chi connectivity index (χ1n) is 8.73. The lowest BCUT2D eigenvalue weighted by Gasteiger charge is -2.23. The van der Waals surface area contributed by atoms with E-state index in [1.807, 2.05) is 42.5 Å². The number of fused-ring (bicyclic) bond motifs is 3. The molecule has 5 heteroatoms. The van der Waals surface area contributed by atoms with Crippen molar-refractivity contribution in [2.24, 2.45) is 0 Å². The molecular weight excluding hydrogens is 332 g/mol. The Kier molecular flexibility index (Phi) is 4.36. The molecule has 1 atom stereocenters. The Hall–Kier alpha value is -2.11. The minimum absolute atomic E-state index is 0.0209. The largest absolute Gasteiger partial charge is 0.358 e. The number of para-hydroxylation sites is 1. The van der Waals surface area contributed by atoms with Crippen molar-refractivity contribution in [1.82, 2.24) is 9.71 Å². The Balaban J connectivity index is 1.44. The summed E-state index contributed by atoms with van der Waals surface area (Å²) in [5.41, 5.74) is 4.70. The highest BCUT2D eigenvalue weighted by Crippen LogP contribution is 2.29. The van der Waals surface area contributed by atoms with Crippen molar-refractivity contribution in [3.8, 4) is 0 Å². The van der Waals surface area contributed by atoms with Crippen LogP contribution in [0.1, 0.15) is 23.2 Å². The number of aryl methyl sites for hydroxylation is 2. The van der Waals surface area contributed by atoms with Crippen LogP contribution in [-0.2, 0) is 29.3 Å². The normalized spacial score (nSPS) is 17.5. The van der Waals surface area contributed by atoms with Crippen LogP contribution in [0.5, 0.6) is 0 Å². The van der Waals surface area contributed by atoms with E-state index in [4.69, 9.17) is 0 Å². The predicted octanol–water partition coefficient (Wildman–Crippen LogP) is 3.19. The van der Waals surface area contributed by atoms with Crippen LogP contribution in [0.3, 0.4) is 0 Å². The van der Waals surface area contributed by atoms with Crippen molar-refractivity contribution in [2.45, 2.75) is 31.7 Å². The minimum Gasteiger partial charge on any atom is -0.358 e. The van der Waals surface area contributed by atoms with Gasteiger partial charge >= 0.3 is 0 Å². The quantitative estimate of drug-likeness (QED) is 0.739. The van der Waals surface area contributed by atoms with Gasteiger partial charge < -0.3 is 4.98 Å². The summed E-state index contributed by atoms with van der Waals surface area (Å²) in [6.07, 6.45) is 3.02. The lowest BCUT2D eigenvalue weighted by molar-refractivity contribution is 0.506. The van der Waals surface area contributed by atoms with Crippen molar-refractivity contribution in [1.29, 1.82) is 0 Å². The van der Waals surface area contributed by atoms with Crippen LogP contribution in [0, 0.1) is 0 Å². The molecule has 1 aliphatic rings. The monoisotopic (exact) mass is 354 g/mol. The first kappa shape index (κ1) is 16.4. The third-order valence-corrected chi connectivity index (χ3v) is 6.38. The molecule has 1 unspecified atom stereocenters. The molecule has 25 heavy (non-hydrogen) atoms. The van der Waals surface area contributed by atoms with E-state index in [2.05, 4.69) is 21.8 Å². The maximum absolute atomic E-state index is 12.5. The average molecular weight is 354 g/mol. The number of aromatic nitrogens is 1. The minimum atomic E-state index is -3.28. The highest BCUT2D eigenvalue weighted by Gasteiger charge is 2.25. The summed E-state index contributed by atoms with van der Waals surface area (Å²) < 4.78 is 27.9. The van der Waals surface area contributed by atoms with Gasteiger partial charge in [0.15, 0.2) is 0 Å². The van der Waals surface area contributed by atoms with Crippen LogP contribution in [0.4, 0.5) is 0 Å². The van der Waals surface area contributed by atoms with Crippen LogP contribution < -0.4 is 4.72 Å². The number of hydrogen-bond acceptors (Lipinski definition) is 2. The average Bonchev–Trinajstić information content (AvgIpc) is 2.99. The number of nitrogens with one attached hydrogen (secondary N) is 2. The molecule has 0 bridgehead atoms. The number of H-pyrrole nitrogens is 1. The Bertz CT molecular complexity index is 977. The van der Waals surface area contributed by atoms with Crippen LogP contribution in [-0.4, -0.2) is 25.2 Å². The second-order valence-corrected chi connectivity index (χ2v) is 8.61. The summed E-state index contributed by atoms with van der Waals surface area (Å²) in [5.74, 6) is 0.133. The topological polar surface area (TPSA) is 62.0 Å². The molecule has 4 nitrogen and oxygen atoms in total. The second kappa shape index (κ2) is 6.65. The number of rotatable bonds is 5. The molecule has 0 fully saturated rings. The molecule has 130 valence electrons. The van der Waals surface area contributed by atoms with Gasteiger partial charge in [-0.3, -0.25) is 0 Å². The van der Waals surface area contributed by atoms with E-state index in [1.54, 1.807) is 0 Å². The fraction of sp³-hybridized carbons (Fsp3) is 0.300. The summed E-state index contributed by atoms with van der Waals surface area (Å²) in [7, 11) is -3.28. The maximum Gasteiger partial charge on any atom is 0.212 e. The van der Waals surface area contributed by atoms with Gasteiger partial charge in [-0.25, -0.2) is 13.1 Å². The molecule has 0 radical (unpaired) electrons. The molecule has 1 aromatic heterocycles. The third kappa shape index (κ3) is 3.62. The summed E-state index contributed by atoms with van der Waals surface area (Å²) in [4.78, 5) is 3.47. The smallest absolute Gasteiger partial charge is 0.212 e. The SMILES string of the molecule is O=S(=O)(CCc1ccccc1)NC1CCc2[nH]c3ccccc3c2C1. The summed E-state index contributed by atoms with van der Waals surface area (Å²) in [6, 6.07) is 18.0. The van der Waals surface area contributed by atoms with Crippen LogP contribution >= 0.6 is 0 Å². The van der Waals surface area contributed by atoms with E-state index in [1.165, 1.54) is 16.6 Å². The Morgan fingerprint density at radius 2 is 1.80 bits per heavy atom. The molecule has 0 aliphatic heterocycles. The zero-order valence-electron chi connectivity index (χ0n) is 14.0. The third-order valence-electron chi connectivity index (χ3n) is 4.94. The number of aromatic amines is 1. The molecule has 4 rings (SSSR count). The van der Waals surface area contributed by atoms with E-state index < -0.39 is 10.0 Å². The first-order valence-corrected chi connectivity index (χ1v) is 10.4. The Morgan fingerprint density at radius 1 is 1.04 bits per heavy atom. The Labute approximate surface area is 148 Å². The number of benzene rings is 2. The van der Waals surface area contributed by atoms with Gasteiger partial charge in [-0.15, -0.1) is 0 Å². The van der Waals surface area contributed by atoms with Crippen molar-refractivity contribution in [3.05, 3.63) is 71.4 Å². The van der Waals surface area contributed by atoms with E-state index in [0.717, 1.165) is 30.3 Å². The number of sulfonamides is 1. The lowest BCUT2D eigenvalue weighted by Crippen LogP contribution is -2.40. The highest BCUT2D eigenvalue weighted by molar-refractivity contribution is 7.89. The second-order valence-electron chi connectivity index (χ2n) is 6.74. The van der Waals surface area contributed by atoms with Crippen LogP contribution in [0.25, 0.3) is 10.9 Å². The molecule has 3 aromatic rings. The molecule has 1 aliphatic carbocycles. The zero-order chi connectivity index (χ0) is 17.3. The fourth-order valence-corrected chi connectivity index (χ4v) is 5.01. The van der Waals surface area contributed by atoms with Gasteiger partial charge in [-0.1, -0.05) is 48.5 Å². The molecule has 0 spiro atoms. The number of hydrogen-bond donors (Lipinski definition) is 2. The first-order chi connectivity index (χ1) is 12.1. The van der Waals surface area contributed by atoms with E-state index in [9.17, 15) is 8.42 Å². The van der Waals surface area contributed by atoms with E-state index in [-0.39, 0.29) is 11.8 Å². The van der Waals surface area contributed by atoms with Crippen molar-refractivity contribution >= 4 is 20.9 Å². The standard InChI is InChI=1S/C20H22N2O2S/c23-25(24,13-12-15-6-2-1-3-7-15)22-16-10-11-20-18(14-16)17-8-4-5-9-19(17)21-20/h1-9,16,21-22H,10-14H2. The fourth-order valence-electron chi connectivity index (χ4n) is 3.68. The van der Waals surface area contributed by atoms with Gasteiger partial charge in [-0.05, 0) is 42.9 Å². The van der Waals surface area contributed by atoms with Crippen molar-refractivity contribution in [2.75, 3.05) is 5.75 Å². The van der Waals surface area contributed by atoms with Gasteiger partial charge in [0.05, 0.1) is 5.75 Å². The highest BCUT2D eigenvalue weighted by atomic mass is 32.2. The van der Waals surface area contributed by atoms with E-state index in [0.29, 0.717) is 6.42 Å². The van der Waals surface area contributed by atoms with Crippen LogP contribution in [0.2, 0.25) is 0 Å². The molecule has 1 heterocycles. The van der Waals surface area contributed by atoms with Crippen LogP contribution in [0.15, 0.2) is 54.6 Å². The van der Waals surface area contributed by atoms with Gasteiger partial charge in [0.1, 0.15) is 0 Å². The van der Waals surface area contributed by atoms with Crippen molar-refractivity contribution in [3.63, 3.8) is 0 Å².